The molecule has 2 aromatic rings. The molecule has 0 bridgehead atoms. The standard InChI is InChI=1S/C10H7BrClNS/c11-7-3-1-2-6(4-7)8-5-14-10(12)9(8)13/h1-5H,13H2. The number of rotatable bonds is 1. The highest BCUT2D eigenvalue weighted by Crippen LogP contribution is 2.37. The molecule has 0 spiro atoms. The molecule has 72 valence electrons. The number of anilines is 1. The Labute approximate surface area is 99.6 Å². The van der Waals surface area contributed by atoms with Crippen LogP contribution < -0.4 is 5.73 Å². The third kappa shape index (κ3) is 1.80. The molecular weight excluding hydrogens is 282 g/mol. The maximum Gasteiger partial charge on any atom is 0.116 e. The van der Waals surface area contributed by atoms with E-state index in [2.05, 4.69) is 15.9 Å². The number of hydrogen-bond acceptors (Lipinski definition) is 2. The molecule has 0 radical (unpaired) electrons. The summed E-state index contributed by atoms with van der Waals surface area (Å²) in [5.41, 5.74) is 8.59. The van der Waals surface area contributed by atoms with Crippen LogP contribution in [0.15, 0.2) is 34.1 Å². The van der Waals surface area contributed by atoms with Gasteiger partial charge in [-0.25, -0.2) is 0 Å². The SMILES string of the molecule is Nc1c(-c2cccc(Br)c2)csc1Cl. The zero-order valence-electron chi connectivity index (χ0n) is 7.13. The Morgan fingerprint density at radius 1 is 1.36 bits per heavy atom. The average Bonchev–Trinajstić information content (AvgIpc) is 2.48. The molecule has 1 heterocycles. The zero-order chi connectivity index (χ0) is 10.1. The summed E-state index contributed by atoms with van der Waals surface area (Å²) in [6.45, 7) is 0. The molecule has 0 atom stereocenters. The first-order valence-corrected chi connectivity index (χ1v) is 6.02. The summed E-state index contributed by atoms with van der Waals surface area (Å²) >= 11 is 10.8. The van der Waals surface area contributed by atoms with Crippen molar-refractivity contribution in [2.45, 2.75) is 0 Å². The van der Waals surface area contributed by atoms with E-state index < -0.39 is 0 Å². The maximum atomic E-state index is 5.90. The normalized spacial score (nSPS) is 10.4. The Hall–Kier alpha value is -0.510. The Morgan fingerprint density at radius 3 is 2.71 bits per heavy atom. The van der Waals surface area contributed by atoms with Gasteiger partial charge in [-0.15, -0.1) is 11.3 Å². The topological polar surface area (TPSA) is 26.0 Å². The van der Waals surface area contributed by atoms with Crippen LogP contribution >= 0.6 is 38.9 Å². The molecule has 14 heavy (non-hydrogen) atoms. The predicted molar refractivity (Wildman–Crippen MR) is 66.9 cm³/mol. The van der Waals surface area contributed by atoms with Crippen LogP contribution in [0, 0.1) is 0 Å². The van der Waals surface area contributed by atoms with Crippen molar-refractivity contribution in [3.63, 3.8) is 0 Å². The maximum absolute atomic E-state index is 5.90. The van der Waals surface area contributed by atoms with E-state index in [1.54, 1.807) is 0 Å². The van der Waals surface area contributed by atoms with Gasteiger partial charge in [-0.05, 0) is 17.7 Å². The molecule has 0 saturated carbocycles. The minimum absolute atomic E-state index is 0.653. The third-order valence-electron chi connectivity index (χ3n) is 1.92. The van der Waals surface area contributed by atoms with E-state index in [0.717, 1.165) is 15.6 Å². The van der Waals surface area contributed by atoms with Crippen LogP contribution in [0.25, 0.3) is 11.1 Å². The minimum atomic E-state index is 0.653. The molecule has 4 heteroatoms. The highest BCUT2D eigenvalue weighted by atomic mass is 79.9. The van der Waals surface area contributed by atoms with Gasteiger partial charge in [0.25, 0.3) is 0 Å². The lowest BCUT2D eigenvalue weighted by molar-refractivity contribution is 1.63. The van der Waals surface area contributed by atoms with Crippen molar-refractivity contribution in [3.8, 4) is 11.1 Å². The lowest BCUT2D eigenvalue weighted by Gasteiger charge is -2.00. The molecule has 2 rings (SSSR count). The Bertz CT molecular complexity index is 467. The summed E-state index contributed by atoms with van der Waals surface area (Å²) in [6.07, 6.45) is 0. The van der Waals surface area contributed by atoms with Crippen LogP contribution in [-0.4, -0.2) is 0 Å². The van der Waals surface area contributed by atoms with Crippen molar-refractivity contribution in [3.05, 3.63) is 38.5 Å². The van der Waals surface area contributed by atoms with Crippen molar-refractivity contribution in [1.29, 1.82) is 0 Å². The van der Waals surface area contributed by atoms with Gasteiger partial charge in [0.15, 0.2) is 0 Å². The van der Waals surface area contributed by atoms with Gasteiger partial charge in [0.2, 0.25) is 0 Å². The molecule has 1 aromatic heterocycles. The number of nitrogens with two attached hydrogens (primary N) is 1. The molecule has 2 N–H and O–H groups in total. The van der Waals surface area contributed by atoms with E-state index in [9.17, 15) is 0 Å². The van der Waals surface area contributed by atoms with Crippen LogP contribution in [0.2, 0.25) is 4.34 Å². The molecule has 0 aliphatic rings. The van der Waals surface area contributed by atoms with Crippen LogP contribution in [0.3, 0.4) is 0 Å². The summed E-state index contributed by atoms with van der Waals surface area (Å²) in [7, 11) is 0. The number of nitrogen functional groups attached to an aromatic ring is 1. The van der Waals surface area contributed by atoms with Crippen molar-refractivity contribution < 1.29 is 0 Å². The highest BCUT2D eigenvalue weighted by Gasteiger charge is 2.08. The molecule has 1 nitrogen and oxygen atoms in total. The van der Waals surface area contributed by atoms with Gasteiger partial charge in [-0.1, -0.05) is 39.7 Å². The van der Waals surface area contributed by atoms with Gasteiger partial charge < -0.3 is 5.73 Å². The fourth-order valence-electron chi connectivity index (χ4n) is 1.22. The molecule has 0 aliphatic carbocycles. The molecule has 1 aromatic carbocycles. The second-order valence-corrected chi connectivity index (χ2v) is 5.24. The molecule has 0 amide bonds. The largest absolute Gasteiger partial charge is 0.396 e. The van der Waals surface area contributed by atoms with Crippen LogP contribution in [-0.2, 0) is 0 Å². The molecular formula is C10H7BrClNS. The van der Waals surface area contributed by atoms with Gasteiger partial charge >= 0.3 is 0 Å². The number of hydrogen-bond donors (Lipinski definition) is 1. The van der Waals surface area contributed by atoms with E-state index in [-0.39, 0.29) is 0 Å². The fraction of sp³-hybridized carbons (Fsp3) is 0. The summed E-state index contributed by atoms with van der Waals surface area (Å²) in [5.74, 6) is 0. The average molecular weight is 289 g/mol. The van der Waals surface area contributed by atoms with Gasteiger partial charge in [0.1, 0.15) is 4.34 Å². The third-order valence-corrected chi connectivity index (χ3v) is 3.66. The summed E-state index contributed by atoms with van der Waals surface area (Å²) in [5, 5.41) is 1.97. The Kier molecular flexibility index (Phi) is 2.81. The van der Waals surface area contributed by atoms with Crippen molar-refractivity contribution in [2.75, 3.05) is 5.73 Å². The molecule has 0 aliphatic heterocycles. The van der Waals surface area contributed by atoms with Gasteiger partial charge in [-0.3, -0.25) is 0 Å². The second kappa shape index (κ2) is 3.93. The molecule has 0 unspecified atom stereocenters. The lowest BCUT2D eigenvalue weighted by Crippen LogP contribution is -1.85. The summed E-state index contributed by atoms with van der Waals surface area (Å²) in [4.78, 5) is 0. The van der Waals surface area contributed by atoms with E-state index in [0.29, 0.717) is 10.0 Å². The molecule has 0 fully saturated rings. The van der Waals surface area contributed by atoms with E-state index in [1.807, 2.05) is 29.6 Å². The van der Waals surface area contributed by atoms with Gasteiger partial charge in [0, 0.05) is 15.4 Å². The minimum Gasteiger partial charge on any atom is -0.396 e. The van der Waals surface area contributed by atoms with Crippen LogP contribution in [0.4, 0.5) is 5.69 Å². The fourth-order valence-corrected chi connectivity index (χ4v) is 2.58. The Balaban J connectivity index is 2.55. The summed E-state index contributed by atoms with van der Waals surface area (Å²) in [6, 6.07) is 7.99. The van der Waals surface area contributed by atoms with E-state index >= 15 is 0 Å². The highest BCUT2D eigenvalue weighted by molar-refractivity contribution is 9.10. The number of thiophene rings is 1. The predicted octanol–water partition coefficient (Wildman–Crippen LogP) is 4.41. The lowest BCUT2D eigenvalue weighted by atomic mass is 10.1. The van der Waals surface area contributed by atoms with E-state index in [1.165, 1.54) is 11.3 Å². The first-order valence-electron chi connectivity index (χ1n) is 3.97. The van der Waals surface area contributed by atoms with Crippen LogP contribution in [0.5, 0.6) is 0 Å². The number of halogens is 2. The summed E-state index contributed by atoms with van der Waals surface area (Å²) < 4.78 is 1.69. The van der Waals surface area contributed by atoms with Gasteiger partial charge in [-0.2, -0.15) is 0 Å². The number of benzene rings is 1. The quantitative estimate of drug-likeness (QED) is 0.826. The second-order valence-electron chi connectivity index (χ2n) is 2.85. The van der Waals surface area contributed by atoms with E-state index in [4.69, 9.17) is 17.3 Å². The van der Waals surface area contributed by atoms with Crippen molar-refractivity contribution >= 4 is 44.6 Å². The monoisotopic (exact) mass is 287 g/mol. The van der Waals surface area contributed by atoms with Gasteiger partial charge in [0.05, 0.1) is 5.69 Å². The first kappa shape index (κ1) is 10.0. The zero-order valence-corrected chi connectivity index (χ0v) is 10.3. The first-order chi connectivity index (χ1) is 6.68. The van der Waals surface area contributed by atoms with Crippen molar-refractivity contribution in [2.24, 2.45) is 0 Å². The Morgan fingerprint density at radius 2 is 2.14 bits per heavy atom. The molecule has 0 saturated heterocycles. The van der Waals surface area contributed by atoms with Crippen molar-refractivity contribution in [1.82, 2.24) is 0 Å². The van der Waals surface area contributed by atoms with Crippen LogP contribution in [0.1, 0.15) is 0 Å². The smallest absolute Gasteiger partial charge is 0.116 e.